The fraction of sp³-hybridized carbons (Fsp3) is 0.207. The third kappa shape index (κ3) is 7.54. The van der Waals surface area contributed by atoms with Crippen molar-refractivity contribution in [1.82, 2.24) is 4.90 Å². The summed E-state index contributed by atoms with van der Waals surface area (Å²) in [6, 6.07) is 23.8. The second-order valence-corrected chi connectivity index (χ2v) is 8.02. The third-order valence-corrected chi connectivity index (χ3v) is 4.94. The number of ether oxygens (including phenoxy) is 2. The van der Waals surface area contributed by atoms with Crippen LogP contribution in [0.1, 0.15) is 22.3 Å². The van der Waals surface area contributed by atoms with Crippen LogP contribution in [0.5, 0.6) is 11.5 Å². The Morgan fingerprint density at radius 1 is 0.971 bits per heavy atom. The number of carboxylic acid groups (broad SMARTS) is 1. The van der Waals surface area contributed by atoms with E-state index in [1.165, 1.54) is 0 Å². The normalized spacial score (nSPS) is 11.0. The van der Waals surface area contributed by atoms with Gasteiger partial charge in [-0.15, -0.1) is 0 Å². The van der Waals surface area contributed by atoms with Crippen LogP contribution >= 0.6 is 0 Å². The van der Waals surface area contributed by atoms with Gasteiger partial charge in [-0.05, 0) is 79.7 Å². The van der Waals surface area contributed by atoms with Gasteiger partial charge >= 0.3 is 5.97 Å². The summed E-state index contributed by atoms with van der Waals surface area (Å²) in [5.74, 6) is 6.57. The third-order valence-electron chi connectivity index (χ3n) is 4.94. The van der Waals surface area contributed by atoms with Crippen molar-refractivity contribution in [3.8, 4) is 23.3 Å². The Morgan fingerprint density at radius 3 is 2.32 bits per heavy atom. The topological polar surface area (TPSA) is 59.0 Å². The molecule has 0 heterocycles. The van der Waals surface area contributed by atoms with E-state index in [9.17, 15) is 4.79 Å². The van der Waals surface area contributed by atoms with Gasteiger partial charge in [0.2, 0.25) is 0 Å². The Kier molecular flexibility index (Phi) is 8.90. The summed E-state index contributed by atoms with van der Waals surface area (Å²) >= 11 is 0. The maximum absolute atomic E-state index is 10.7. The SMILES string of the molecule is Cc1cc(OC/C=C(\c2ccccc2)c2ccc(C#CCN(C)C)cc2)ccc1OCC(=O)O. The van der Waals surface area contributed by atoms with Gasteiger partial charge in [0.05, 0.1) is 6.54 Å². The Labute approximate surface area is 201 Å². The molecule has 0 saturated carbocycles. The van der Waals surface area contributed by atoms with Gasteiger partial charge in [-0.2, -0.15) is 0 Å². The summed E-state index contributed by atoms with van der Waals surface area (Å²) < 4.78 is 11.2. The lowest BCUT2D eigenvalue weighted by Gasteiger charge is -2.12. The second-order valence-electron chi connectivity index (χ2n) is 8.02. The maximum atomic E-state index is 10.7. The van der Waals surface area contributed by atoms with Crippen LogP contribution in [0.2, 0.25) is 0 Å². The van der Waals surface area contributed by atoms with Crippen molar-refractivity contribution in [3.05, 3.63) is 101 Å². The van der Waals surface area contributed by atoms with E-state index in [0.717, 1.165) is 34.4 Å². The number of benzene rings is 3. The number of rotatable bonds is 9. The first-order chi connectivity index (χ1) is 16.4. The highest BCUT2D eigenvalue weighted by Gasteiger charge is 2.07. The van der Waals surface area contributed by atoms with Crippen molar-refractivity contribution in [2.45, 2.75) is 6.92 Å². The fourth-order valence-corrected chi connectivity index (χ4v) is 3.29. The number of hydrogen-bond donors (Lipinski definition) is 1. The smallest absolute Gasteiger partial charge is 0.341 e. The van der Waals surface area contributed by atoms with Crippen molar-refractivity contribution >= 4 is 11.5 Å². The van der Waals surface area contributed by atoms with Gasteiger partial charge < -0.3 is 14.6 Å². The van der Waals surface area contributed by atoms with Gasteiger partial charge in [0, 0.05) is 5.56 Å². The predicted octanol–water partition coefficient (Wildman–Crippen LogP) is 4.88. The van der Waals surface area contributed by atoms with E-state index in [4.69, 9.17) is 14.6 Å². The zero-order chi connectivity index (χ0) is 24.3. The fourth-order valence-electron chi connectivity index (χ4n) is 3.29. The van der Waals surface area contributed by atoms with E-state index in [0.29, 0.717) is 18.1 Å². The molecule has 0 bridgehead atoms. The van der Waals surface area contributed by atoms with Crippen LogP contribution in [0.4, 0.5) is 0 Å². The van der Waals surface area contributed by atoms with Gasteiger partial charge in [0.25, 0.3) is 0 Å². The minimum atomic E-state index is -1.01. The molecule has 1 N–H and O–H groups in total. The van der Waals surface area contributed by atoms with Crippen LogP contribution in [0.3, 0.4) is 0 Å². The van der Waals surface area contributed by atoms with Crippen molar-refractivity contribution in [2.24, 2.45) is 0 Å². The van der Waals surface area contributed by atoms with Crippen LogP contribution < -0.4 is 9.47 Å². The van der Waals surface area contributed by atoms with Crippen LogP contribution in [0.15, 0.2) is 78.9 Å². The van der Waals surface area contributed by atoms with E-state index < -0.39 is 5.97 Å². The molecular formula is C29H29NO4. The first-order valence-corrected chi connectivity index (χ1v) is 11.0. The molecule has 0 unspecified atom stereocenters. The summed E-state index contributed by atoms with van der Waals surface area (Å²) in [7, 11) is 4.00. The monoisotopic (exact) mass is 455 g/mol. The van der Waals surface area contributed by atoms with Crippen LogP contribution in [0.25, 0.3) is 5.57 Å². The molecular weight excluding hydrogens is 426 g/mol. The van der Waals surface area contributed by atoms with Gasteiger partial charge in [0.15, 0.2) is 6.61 Å². The van der Waals surface area contributed by atoms with Gasteiger partial charge in [0.1, 0.15) is 18.1 Å². The summed E-state index contributed by atoms with van der Waals surface area (Å²) in [6.07, 6.45) is 2.06. The molecule has 3 rings (SSSR count). The first-order valence-electron chi connectivity index (χ1n) is 11.0. The van der Waals surface area contributed by atoms with Crippen LogP contribution in [0, 0.1) is 18.8 Å². The van der Waals surface area contributed by atoms with Crippen LogP contribution in [-0.2, 0) is 4.79 Å². The van der Waals surface area contributed by atoms with E-state index in [1.807, 2.05) is 62.3 Å². The highest BCUT2D eigenvalue weighted by atomic mass is 16.5. The number of aryl methyl sites for hydroxylation is 1. The average Bonchev–Trinajstić information content (AvgIpc) is 2.82. The van der Waals surface area contributed by atoms with E-state index in [2.05, 4.69) is 42.2 Å². The molecule has 0 aliphatic rings. The van der Waals surface area contributed by atoms with Crippen molar-refractivity contribution in [1.29, 1.82) is 0 Å². The molecule has 0 amide bonds. The average molecular weight is 456 g/mol. The Hall–Kier alpha value is -4.01. The molecule has 0 spiro atoms. The number of nitrogens with zero attached hydrogens (tertiary/aromatic N) is 1. The lowest BCUT2D eigenvalue weighted by Crippen LogP contribution is -2.10. The standard InChI is InChI=1S/C29H29NO4/c1-22-20-26(15-16-28(22)34-21-29(31)32)33-19-17-27(24-9-5-4-6-10-24)25-13-11-23(12-14-25)8-7-18-30(2)3/h4-6,9-17,20H,18-19,21H2,1-3H3,(H,31,32)/b27-17+. The lowest BCUT2D eigenvalue weighted by molar-refractivity contribution is -0.139. The zero-order valence-corrected chi connectivity index (χ0v) is 19.7. The number of hydrogen-bond acceptors (Lipinski definition) is 4. The minimum Gasteiger partial charge on any atom is -0.489 e. The van der Waals surface area contributed by atoms with Crippen molar-refractivity contribution in [3.63, 3.8) is 0 Å². The van der Waals surface area contributed by atoms with Gasteiger partial charge in [-0.1, -0.05) is 54.3 Å². The highest BCUT2D eigenvalue weighted by molar-refractivity contribution is 5.80. The number of aliphatic carboxylic acids is 1. The summed E-state index contributed by atoms with van der Waals surface area (Å²) in [6.45, 7) is 2.59. The first kappa shape index (κ1) is 24.6. The molecule has 0 atom stereocenters. The molecule has 3 aromatic carbocycles. The van der Waals surface area contributed by atoms with E-state index in [1.54, 1.807) is 12.1 Å². The quantitative estimate of drug-likeness (QED) is 0.466. The molecule has 174 valence electrons. The Bertz CT molecular complexity index is 1190. The summed E-state index contributed by atoms with van der Waals surface area (Å²) in [5, 5.41) is 8.79. The molecule has 5 heteroatoms. The molecule has 0 fully saturated rings. The van der Waals surface area contributed by atoms with Crippen LogP contribution in [-0.4, -0.2) is 49.8 Å². The van der Waals surface area contributed by atoms with E-state index in [-0.39, 0.29) is 6.61 Å². The summed E-state index contributed by atoms with van der Waals surface area (Å²) in [5.41, 5.74) is 5.06. The maximum Gasteiger partial charge on any atom is 0.341 e. The molecule has 3 aromatic rings. The molecule has 0 aliphatic carbocycles. The molecule has 0 radical (unpaired) electrons. The van der Waals surface area contributed by atoms with Crippen molar-refractivity contribution in [2.75, 3.05) is 33.9 Å². The largest absolute Gasteiger partial charge is 0.489 e. The molecule has 0 aromatic heterocycles. The minimum absolute atomic E-state index is 0.371. The molecule has 0 aliphatic heterocycles. The predicted molar refractivity (Wildman–Crippen MR) is 135 cm³/mol. The number of carbonyl (C=O) groups is 1. The Morgan fingerprint density at radius 2 is 1.68 bits per heavy atom. The van der Waals surface area contributed by atoms with E-state index >= 15 is 0 Å². The van der Waals surface area contributed by atoms with Crippen molar-refractivity contribution < 1.29 is 19.4 Å². The van der Waals surface area contributed by atoms with Gasteiger partial charge in [-0.25, -0.2) is 4.79 Å². The highest BCUT2D eigenvalue weighted by Crippen LogP contribution is 2.26. The second kappa shape index (κ2) is 12.3. The molecule has 5 nitrogen and oxygen atoms in total. The Balaban J connectivity index is 1.75. The number of carboxylic acids is 1. The summed E-state index contributed by atoms with van der Waals surface area (Å²) in [4.78, 5) is 12.8. The van der Waals surface area contributed by atoms with Gasteiger partial charge in [-0.3, -0.25) is 4.90 Å². The molecule has 0 saturated heterocycles. The molecule has 34 heavy (non-hydrogen) atoms. The zero-order valence-electron chi connectivity index (χ0n) is 19.7. The lowest BCUT2D eigenvalue weighted by atomic mass is 9.97.